The number of amides is 1. The van der Waals surface area contributed by atoms with Crippen LogP contribution in [0.25, 0.3) is 0 Å². The molecular formula is C17H20FNO4S. The van der Waals surface area contributed by atoms with Gasteiger partial charge in [-0.1, -0.05) is 12.1 Å². The molecule has 3 atom stereocenters. The Morgan fingerprint density at radius 3 is 2.58 bits per heavy atom. The topological polar surface area (TPSA) is 63.7 Å². The number of morpholine rings is 1. The average molecular weight is 353 g/mol. The third-order valence-corrected chi connectivity index (χ3v) is 6.89. The summed E-state index contributed by atoms with van der Waals surface area (Å²) >= 11 is 0. The van der Waals surface area contributed by atoms with Crippen LogP contribution in [0.15, 0.2) is 24.3 Å². The SMILES string of the molecule is O=C(C(c1ccc(F)cc1)C1CC1)N1CCOC2CS(=O)(=O)CC21. The van der Waals surface area contributed by atoms with Crippen molar-refractivity contribution in [2.45, 2.75) is 30.9 Å². The van der Waals surface area contributed by atoms with Crippen molar-refractivity contribution < 1.29 is 22.3 Å². The number of nitrogens with zero attached hydrogens (tertiary/aromatic N) is 1. The second kappa shape index (κ2) is 5.81. The summed E-state index contributed by atoms with van der Waals surface area (Å²) in [6, 6.07) is 5.69. The van der Waals surface area contributed by atoms with Crippen molar-refractivity contribution in [3.8, 4) is 0 Å². The summed E-state index contributed by atoms with van der Waals surface area (Å²) in [6.07, 6.45) is 1.54. The minimum Gasteiger partial charge on any atom is -0.373 e. The lowest BCUT2D eigenvalue weighted by atomic mass is 9.91. The predicted octanol–water partition coefficient (Wildman–Crippen LogP) is 1.34. The summed E-state index contributed by atoms with van der Waals surface area (Å²) in [4.78, 5) is 14.9. The Hall–Kier alpha value is -1.47. The van der Waals surface area contributed by atoms with Gasteiger partial charge in [0.1, 0.15) is 5.82 Å². The van der Waals surface area contributed by atoms with Crippen molar-refractivity contribution in [2.75, 3.05) is 24.7 Å². The molecule has 1 aromatic carbocycles. The van der Waals surface area contributed by atoms with E-state index in [9.17, 15) is 17.6 Å². The Morgan fingerprint density at radius 1 is 1.21 bits per heavy atom. The Kier molecular flexibility index (Phi) is 3.88. The first kappa shape index (κ1) is 16.0. The minimum atomic E-state index is -3.16. The van der Waals surface area contributed by atoms with Crippen LogP contribution in [0.2, 0.25) is 0 Å². The van der Waals surface area contributed by atoms with Crippen LogP contribution in [0, 0.1) is 11.7 Å². The predicted molar refractivity (Wildman–Crippen MR) is 85.8 cm³/mol. The second-order valence-electron chi connectivity index (χ2n) is 6.95. The van der Waals surface area contributed by atoms with Gasteiger partial charge in [0.2, 0.25) is 5.91 Å². The lowest BCUT2D eigenvalue weighted by Crippen LogP contribution is -2.54. The van der Waals surface area contributed by atoms with Crippen LogP contribution in [0.1, 0.15) is 24.3 Å². The molecule has 3 fully saturated rings. The van der Waals surface area contributed by atoms with Crippen molar-refractivity contribution in [3.05, 3.63) is 35.6 Å². The largest absolute Gasteiger partial charge is 0.373 e. The molecule has 3 aliphatic rings. The summed E-state index contributed by atoms with van der Waals surface area (Å²) in [5, 5.41) is 0. The quantitative estimate of drug-likeness (QED) is 0.823. The number of sulfone groups is 1. The second-order valence-corrected chi connectivity index (χ2v) is 9.11. The first-order chi connectivity index (χ1) is 11.4. The zero-order chi connectivity index (χ0) is 16.9. The van der Waals surface area contributed by atoms with Crippen LogP contribution in [0.5, 0.6) is 0 Å². The highest BCUT2D eigenvalue weighted by Crippen LogP contribution is 2.44. The Bertz CT molecular complexity index is 744. The van der Waals surface area contributed by atoms with Gasteiger partial charge in [0, 0.05) is 6.54 Å². The number of hydrogen-bond acceptors (Lipinski definition) is 4. The van der Waals surface area contributed by atoms with Gasteiger partial charge in [0.15, 0.2) is 9.84 Å². The normalized spacial score (nSPS) is 30.0. The molecular weight excluding hydrogens is 333 g/mol. The molecule has 1 aromatic rings. The summed E-state index contributed by atoms with van der Waals surface area (Å²) in [7, 11) is -3.16. The van der Waals surface area contributed by atoms with Crippen LogP contribution in [-0.2, 0) is 19.4 Å². The van der Waals surface area contributed by atoms with Crippen LogP contribution < -0.4 is 0 Å². The highest BCUT2D eigenvalue weighted by atomic mass is 32.2. The van der Waals surface area contributed by atoms with Gasteiger partial charge < -0.3 is 9.64 Å². The van der Waals surface area contributed by atoms with Crippen LogP contribution in [0.3, 0.4) is 0 Å². The highest BCUT2D eigenvalue weighted by molar-refractivity contribution is 7.91. The number of carbonyl (C=O) groups excluding carboxylic acids is 1. The molecule has 24 heavy (non-hydrogen) atoms. The van der Waals surface area contributed by atoms with Crippen LogP contribution in [-0.4, -0.2) is 56.0 Å². The van der Waals surface area contributed by atoms with Crippen LogP contribution in [0.4, 0.5) is 4.39 Å². The Labute approximate surface area is 140 Å². The van der Waals surface area contributed by atoms with E-state index >= 15 is 0 Å². The highest BCUT2D eigenvalue weighted by Gasteiger charge is 2.48. The zero-order valence-corrected chi connectivity index (χ0v) is 14.0. The lowest BCUT2D eigenvalue weighted by Gasteiger charge is -2.38. The number of fused-ring (bicyclic) bond motifs is 1. The summed E-state index contributed by atoms with van der Waals surface area (Å²) in [5.41, 5.74) is 0.813. The first-order valence-corrected chi connectivity index (χ1v) is 10.1. The molecule has 4 rings (SSSR count). The molecule has 0 bridgehead atoms. The molecule has 2 saturated heterocycles. The van der Waals surface area contributed by atoms with Crippen molar-refractivity contribution in [3.63, 3.8) is 0 Å². The van der Waals surface area contributed by atoms with Crippen molar-refractivity contribution in [2.24, 2.45) is 5.92 Å². The molecule has 0 N–H and O–H groups in total. The number of rotatable bonds is 3. The summed E-state index contributed by atoms with van der Waals surface area (Å²) in [6.45, 7) is 0.781. The number of hydrogen-bond donors (Lipinski definition) is 0. The summed E-state index contributed by atoms with van der Waals surface area (Å²) in [5.74, 6) is -0.445. The molecule has 2 heterocycles. The van der Waals surface area contributed by atoms with Gasteiger partial charge in [-0.25, -0.2) is 12.8 Å². The summed E-state index contributed by atoms with van der Waals surface area (Å²) < 4.78 is 42.6. The number of benzene rings is 1. The third kappa shape index (κ3) is 2.95. The van der Waals surface area contributed by atoms with E-state index in [4.69, 9.17) is 4.74 Å². The average Bonchev–Trinajstić information content (AvgIpc) is 3.30. The molecule has 1 saturated carbocycles. The van der Waals surface area contributed by atoms with Gasteiger partial charge in [-0.2, -0.15) is 0 Å². The molecule has 2 aliphatic heterocycles. The van der Waals surface area contributed by atoms with Crippen LogP contribution >= 0.6 is 0 Å². The van der Waals surface area contributed by atoms with Gasteiger partial charge in [0.25, 0.3) is 0 Å². The van der Waals surface area contributed by atoms with E-state index in [0.717, 1.165) is 18.4 Å². The maximum atomic E-state index is 13.2. The monoisotopic (exact) mass is 353 g/mol. The zero-order valence-electron chi connectivity index (χ0n) is 13.2. The molecule has 5 nitrogen and oxygen atoms in total. The standard InChI is InChI=1S/C17H20FNO4S/c18-13-5-3-12(4-6-13)16(11-1-2-11)17(20)19-7-8-23-15-10-24(21,22)9-14(15)19/h3-6,11,14-16H,1-2,7-10H2. The number of ether oxygens (including phenoxy) is 1. The molecule has 3 unspecified atom stereocenters. The van der Waals surface area contributed by atoms with Crippen molar-refractivity contribution in [1.29, 1.82) is 0 Å². The lowest BCUT2D eigenvalue weighted by molar-refractivity contribution is -0.145. The van der Waals surface area contributed by atoms with Gasteiger partial charge >= 0.3 is 0 Å². The van der Waals surface area contributed by atoms with Crippen molar-refractivity contribution >= 4 is 15.7 Å². The smallest absolute Gasteiger partial charge is 0.230 e. The molecule has 7 heteroatoms. The molecule has 0 aromatic heterocycles. The van der Waals surface area contributed by atoms with Gasteiger partial charge in [0.05, 0.1) is 36.2 Å². The molecule has 1 aliphatic carbocycles. The molecule has 1 amide bonds. The van der Waals surface area contributed by atoms with E-state index in [2.05, 4.69) is 0 Å². The van der Waals surface area contributed by atoms with E-state index in [1.807, 2.05) is 0 Å². The van der Waals surface area contributed by atoms with E-state index < -0.39 is 22.0 Å². The van der Waals surface area contributed by atoms with Crippen molar-refractivity contribution in [1.82, 2.24) is 4.90 Å². The van der Waals surface area contributed by atoms with Gasteiger partial charge in [-0.15, -0.1) is 0 Å². The molecule has 0 radical (unpaired) electrons. The maximum absolute atomic E-state index is 13.2. The fraction of sp³-hybridized carbons (Fsp3) is 0.588. The van der Waals surface area contributed by atoms with E-state index in [1.54, 1.807) is 17.0 Å². The maximum Gasteiger partial charge on any atom is 0.230 e. The molecule has 0 spiro atoms. The number of halogens is 1. The minimum absolute atomic E-state index is 0.00785. The fourth-order valence-corrected chi connectivity index (χ4v) is 5.75. The van der Waals surface area contributed by atoms with Gasteiger partial charge in [-0.3, -0.25) is 4.79 Å². The Balaban J connectivity index is 1.61. The Morgan fingerprint density at radius 2 is 1.92 bits per heavy atom. The van der Waals surface area contributed by atoms with E-state index in [0.29, 0.717) is 13.2 Å². The van der Waals surface area contributed by atoms with E-state index in [-0.39, 0.29) is 35.1 Å². The van der Waals surface area contributed by atoms with Gasteiger partial charge in [-0.05, 0) is 36.5 Å². The number of carbonyl (C=O) groups is 1. The first-order valence-electron chi connectivity index (χ1n) is 8.32. The molecule has 130 valence electrons. The van der Waals surface area contributed by atoms with E-state index in [1.165, 1.54) is 12.1 Å². The third-order valence-electron chi connectivity index (χ3n) is 5.21. The fourth-order valence-electron chi connectivity index (χ4n) is 3.88.